The van der Waals surface area contributed by atoms with E-state index in [1.54, 1.807) is 36.4 Å². The fraction of sp³-hybridized carbons (Fsp3) is 0.111. The molecule has 0 saturated heterocycles. The van der Waals surface area contributed by atoms with Crippen molar-refractivity contribution in [2.75, 3.05) is 7.11 Å². The fourth-order valence-electron chi connectivity index (χ4n) is 3.91. The molecule has 0 N–H and O–H groups in total. The van der Waals surface area contributed by atoms with E-state index in [4.69, 9.17) is 14.2 Å². The van der Waals surface area contributed by atoms with Crippen LogP contribution in [-0.2, 0) is 18.4 Å². The average Bonchev–Trinajstić information content (AvgIpc) is 3.33. The molecule has 0 atom stereocenters. The molecule has 0 fully saturated rings. The maximum atomic E-state index is 12.9. The van der Waals surface area contributed by atoms with Crippen LogP contribution in [0.5, 0.6) is 11.5 Å². The Kier molecular flexibility index (Phi) is 5.18. The van der Waals surface area contributed by atoms with Crippen LogP contribution < -0.4 is 9.47 Å². The van der Waals surface area contributed by atoms with Crippen LogP contribution in [0.4, 0.5) is 0 Å². The molecule has 1 aromatic heterocycles. The van der Waals surface area contributed by atoms with Gasteiger partial charge in [-0.15, -0.1) is 0 Å². The third-order valence-electron chi connectivity index (χ3n) is 5.64. The molecule has 4 aromatic rings. The number of allylic oxidation sites excluding steroid dienone is 1. The molecule has 0 saturated carbocycles. The topological polar surface area (TPSA) is 66.8 Å². The number of rotatable bonds is 5. The first kappa shape index (κ1) is 20.6. The van der Waals surface area contributed by atoms with E-state index in [0.29, 0.717) is 29.2 Å². The first-order valence-electron chi connectivity index (χ1n) is 10.5. The van der Waals surface area contributed by atoms with Gasteiger partial charge in [-0.1, -0.05) is 30.3 Å². The lowest BCUT2D eigenvalue weighted by atomic mass is 10.1. The number of benzene rings is 3. The molecule has 0 unspecified atom stereocenters. The van der Waals surface area contributed by atoms with Gasteiger partial charge in [0.2, 0.25) is 5.78 Å². The van der Waals surface area contributed by atoms with Crippen molar-refractivity contribution >= 4 is 28.7 Å². The molecule has 6 heteroatoms. The van der Waals surface area contributed by atoms with Gasteiger partial charge < -0.3 is 18.8 Å². The molecule has 2 heterocycles. The van der Waals surface area contributed by atoms with E-state index in [-0.39, 0.29) is 17.5 Å². The summed E-state index contributed by atoms with van der Waals surface area (Å²) in [6, 6.07) is 20.2. The predicted octanol–water partition coefficient (Wildman–Crippen LogP) is 5.16. The molecule has 5 rings (SSSR count). The quantitative estimate of drug-likeness (QED) is 0.317. The lowest BCUT2D eigenvalue weighted by molar-refractivity contribution is 0.0600. The summed E-state index contributed by atoms with van der Waals surface area (Å²) in [6.07, 6.45) is 3.77. The summed E-state index contributed by atoms with van der Waals surface area (Å²) >= 11 is 0. The molecule has 164 valence electrons. The number of hydrogen-bond acceptors (Lipinski definition) is 5. The van der Waals surface area contributed by atoms with Gasteiger partial charge in [0, 0.05) is 35.8 Å². The maximum absolute atomic E-state index is 12.9. The lowest BCUT2D eigenvalue weighted by Crippen LogP contribution is -2.02. The smallest absolute Gasteiger partial charge is 0.337 e. The number of ketones is 1. The highest BCUT2D eigenvalue weighted by molar-refractivity contribution is 6.15. The van der Waals surface area contributed by atoms with Gasteiger partial charge in [-0.05, 0) is 42.0 Å². The number of Topliss-reactive ketones (excluding diaryl/α,β-unsaturated/α-hetero) is 1. The minimum Gasteiger partial charge on any atom is -0.489 e. The number of esters is 1. The molecule has 0 radical (unpaired) electrons. The number of ether oxygens (including phenoxy) is 3. The largest absolute Gasteiger partial charge is 0.489 e. The van der Waals surface area contributed by atoms with Crippen molar-refractivity contribution in [1.29, 1.82) is 0 Å². The van der Waals surface area contributed by atoms with E-state index in [1.807, 2.05) is 54.2 Å². The Bertz CT molecular complexity index is 1410. The molecule has 0 aliphatic carbocycles. The van der Waals surface area contributed by atoms with Crippen LogP contribution in [0.3, 0.4) is 0 Å². The van der Waals surface area contributed by atoms with Crippen LogP contribution in [-0.4, -0.2) is 23.4 Å². The third kappa shape index (κ3) is 3.87. The zero-order valence-electron chi connectivity index (χ0n) is 18.2. The van der Waals surface area contributed by atoms with Gasteiger partial charge in [0.15, 0.2) is 5.76 Å². The van der Waals surface area contributed by atoms with Crippen LogP contribution in [0.25, 0.3) is 17.0 Å². The number of hydrogen-bond donors (Lipinski definition) is 0. The van der Waals surface area contributed by atoms with Crippen molar-refractivity contribution in [3.05, 3.63) is 101 Å². The van der Waals surface area contributed by atoms with E-state index >= 15 is 0 Å². The van der Waals surface area contributed by atoms with Gasteiger partial charge in [-0.2, -0.15) is 0 Å². The Hall–Kier alpha value is -4.32. The van der Waals surface area contributed by atoms with E-state index < -0.39 is 0 Å². The summed E-state index contributed by atoms with van der Waals surface area (Å²) in [5.74, 6) is 0.824. The molecular weight excluding hydrogens is 418 g/mol. The number of aromatic nitrogens is 1. The molecule has 6 nitrogen and oxygen atoms in total. The van der Waals surface area contributed by atoms with Crippen LogP contribution in [0.2, 0.25) is 0 Å². The van der Waals surface area contributed by atoms with Crippen molar-refractivity contribution in [2.45, 2.75) is 6.61 Å². The molecule has 3 aromatic carbocycles. The zero-order chi connectivity index (χ0) is 22.9. The van der Waals surface area contributed by atoms with Crippen LogP contribution in [0, 0.1) is 0 Å². The number of nitrogens with zero attached hydrogens (tertiary/aromatic N) is 1. The summed E-state index contributed by atoms with van der Waals surface area (Å²) in [4.78, 5) is 24.4. The standard InChI is InChI=1S/C27H21NO5/c1-28-15-19(21-5-3-4-6-23(21)28)13-25-26(29)22-12-11-20(14-24(22)33-25)32-16-17-7-9-18(10-8-17)27(30)31-2/h3-15H,16H2,1-2H3/b25-13-. The van der Waals surface area contributed by atoms with Crippen molar-refractivity contribution < 1.29 is 23.8 Å². The summed E-state index contributed by atoms with van der Waals surface area (Å²) in [6.45, 7) is 0.312. The monoisotopic (exact) mass is 439 g/mol. The Morgan fingerprint density at radius 3 is 2.64 bits per heavy atom. The van der Waals surface area contributed by atoms with Gasteiger partial charge in [0.1, 0.15) is 18.1 Å². The summed E-state index contributed by atoms with van der Waals surface area (Å²) < 4.78 is 18.5. The second-order valence-corrected chi connectivity index (χ2v) is 7.79. The number of fused-ring (bicyclic) bond motifs is 2. The molecule has 0 amide bonds. The van der Waals surface area contributed by atoms with Crippen LogP contribution in [0.1, 0.15) is 31.8 Å². The van der Waals surface area contributed by atoms with Crippen LogP contribution in [0.15, 0.2) is 78.7 Å². The lowest BCUT2D eigenvalue weighted by Gasteiger charge is -2.08. The number of para-hydroxylation sites is 1. The fourth-order valence-corrected chi connectivity index (χ4v) is 3.91. The highest BCUT2D eigenvalue weighted by Crippen LogP contribution is 2.36. The Labute approximate surface area is 190 Å². The second kappa shape index (κ2) is 8.31. The van der Waals surface area contributed by atoms with Gasteiger partial charge in [-0.3, -0.25) is 4.79 Å². The van der Waals surface area contributed by atoms with Gasteiger partial charge in [-0.25, -0.2) is 4.79 Å². The van der Waals surface area contributed by atoms with Crippen molar-refractivity contribution in [3.8, 4) is 11.5 Å². The van der Waals surface area contributed by atoms with Crippen molar-refractivity contribution in [2.24, 2.45) is 7.05 Å². The summed E-state index contributed by atoms with van der Waals surface area (Å²) in [5.41, 5.74) is 3.91. The number of carbonyl (C=O) groups is 2. The predicted molar refractivity (Wildman–Crippen MR) is 124 cm³/mol. The molecule has 1 aliphatic rings. The van der Waals surface area contributed by atoms with Gasteiger partial charge in [0.05, 0.1) is 18.2 Å². The SMILES string of the molecule is COC(=O)c1ccc(COc2ccc3c(c2)O/C(=C\c2cn(C)c4ccccc24)C3=O)cc1. The molecule has 33 heavy (non-hydrogen) atoms. The average molecular weight is 439 g/mol. The minimum absolute atomic E-state index is 0.150. The van der Waals surface area contributed by atoms with E-state index in [1.165, 1.54) is 7.11 Å². The number of carbonyl (C=O) groups excluding carboxylic acids is 2. The molecule has 1 aliphatic heterocycles. The second-order valence-electron chi connectivity index (χ2n) is 7.79. The van der Waals surface area contributed by atoms with Crippen LogP contribution >= 0.6 is 0 Å². The Balaban J connectivity index is 1.33. The first-order chi connectivity index (χ1) is 16.0. The highest BCUT2D eigenvalue weighted by Gasteiger charge is 2.28. The molecule has 0 bridgehead atoms. The zero-order valence-corrected chi connectivity index (χ0v) is 18.2. The summed E-state index contributed by atoms with van der Waals surface area (Å²) in [7, 11) is 3.33. The first-order valence-corrected chi connectivity index (χ1v) is 10.5. The Morgan fingerprint density at radius 1 is 1.06 bits per heavy atom. The molecule has 0 spiro atoms. The normalized spacial score (nSPS) is 13.8. The minimum atomic E-state index is -0.379. The Morgan fingerprint density at radius 2 is 1.85 bits per heavy atom. The molecular formula is C27H21NO5. The van der Waals surface area contributed by atoms with Gasteiger partial charge in [0.25, 0.3) is 0 Å². The van der Waals surface area contributed by atoms with E-state index in [0.717, 1.165) is 22.0 Å². The van der Waals surface area contributed by atoms with Gasteiger partial charge >= 0.3 is 5.97 Å². The highest BCUT2D eigenvalue weighted by atomic mass is 16.5. The number of aryl methyl sites for hydroxylation is 1. The third-order valence-corrected chi connectivity index (χ3v) is 5.64. The summed E-state index contributed by atoms with van der Waals surface area (Å²) in [5, 5.41) is 1.06. The number of methoxy groups -OCH3 is 1. The van der Waals surface area contributed by atoms with E-state index in [2.05, 4.69) is 0 Å². The van der Waals surface area contributed by atoms with Crippen molar-refractivity contribution in [1.82, 2.24) is 4.57 Å². The van der Waals surface area contributed by atoms with E-state index in [9.17, 15) is 9.59 Å². The maximum Gasteiger partial charge on any atom is 0.337 e. The van der Waals surface area contributed by atoms with Crippen molar-refractivity contribution in [3.63, 3.8) is 0 Å².